The van der Waals surface area contributed by atoms with Crippen molar-refractivity contribution in [3.05, 3.63) is 198 Å². The highest BCUT2D eigenvalue weighted by atomic mass is 15.1. The van der Waals surface area contributed by atoms with E-state index in [1.54, 1.807) is 11.1 Å². The van der Waals surface area contributed by atoms with E-state index < -0.39 is 0 Å². The topological polar surface area (TPSA) is 3.24 Å². The van der Waals surface area contributed by atoms with Crippen LogP contribution in [0.2, 0.25) is 0 Å². The molecule has 4 unspecified atom stereocenters. The monoisotopic (exact) mass is 769 g/mol. The van der Waals surface area contributed by atoms with Gasteiger partial charge in [0.2, 0.25) is 0 Å². The number of hydrogen-bond acceptors (Lipinski definition) is 1. The summed E-state index contributed by atoms with van der Waals surface area (Å²) < 4.78 is 0. The molecule has 0 aromatic heterocycles. The molecule has 0 aliphatic heterocycles. The third-order valence-electron chi connectivity index (χ3n) is 15.4. The first kappa shape index (κ1) is 34.4. The number of nitrogens with zero attached hydrogens (tertiary/aromatic N) is 1. The molecule has 1 nitrogen and oxygen atoms in total. The van der Waals surface area contributed by atoms with Gasteiger partial charge in [0.1, 0.15) is 0 Å². The Hall–Kier alpha value is -6.44. The first-order valence-electron chi connectivity index (χ1n) is 22.2. The molecule has 5 aliphatic rings. The fourth-order valence-electron chi connectivity index (χ4n) is 12.7. The van der Waals surface area contributed by atoms with Crippen molar-refractivity contribution in [1.82, 2.24) is 0 Å². The maximum absolute atomic E-state index is 2.68. The quantitative estimate of drug-likeness (QED) is 0.172. The lowest BCUT2D eigenvalue weighted by atomic mass is 9.67. The van der Waals surface area contributed by atoms with Gasteiger partial charge in [0.05, 0.1) is 0 Å². The highest BCUT2D eigenvalue weighted by molar-refractivity contribution is 6.04. The van der Waals surface area contributed by atoms with Crippen molar-refractivity contribution in [1.29, 1.82) is 0 Å². The van der Waals surface area contributed by atoms with Crippen molar-refractivity contribution >= 4 is 17.1 Å². The predicted octanol–water partition coefficient (Wildman–Crippen LogP) is 16.1. The Morgan fingerprint density at radius 2 is 0.900 bits per heavy atom. The number of fused-ring (bicyclic) bond motifs is 16. The molecule has 288 valence electrons. The molecule has 2 saturated carbocycles. The number of hydrogen-bond donors (Lipinski definition) is 0. The lowest BCUT2D eigenvalue weighted by Crippen LogP contribution is -2.22. The molecule has 5 aliphatic carbocycles. The van der Waals surface area contributed by atoms with Crippen LogP contribution < -0.4 is 4.90 Å². The second kappa shape index (κ2) is 12.8. The zero-order valence-corrected chi connectivity index (χ0v) is 34.3. The molecule has 13 rings (SSSR count). The summed E-state index contributed by atoms with van der Waals surface area (Å²) in [6, 6.07) is 67.1. The molecule has 2 fully saturated rings. The standard InChI is InChI=1S/C59H47N/c1-59(2)57-19-11-10-18-49(57)50-27-25-43(33-58(50)59)60(41-22-20-38(21-23-41)37-12-4-3-5-13-37)42-24-26-48-46-16-7-6-14-44(46)45-15-8-9-17-47(45)54-34-52-40-29-36-28-39(31-40)51(30-36)55(52)35-56(54)53(48)32-42/h3-27,32-36,39-40,51H,28-31H2,1-2H3. The van der Waals surface area contributed by atoms with E-state index in [1.807, 2.05) is 0 Å². The minimum Gasteiger partial charge on any atom is -0.310 e. The maximum atomic E-state index is 2.68. The molecule has 0 radical (unpaired) electrons. The van der Waals surface area contributed by atoms with E-state index >= 15 is 0 Å². The van der Waals surface area contributed by atoms with Crippen LogP contribution >= 0.6 is 0 Å². The van der Waals surface area contributed by atoms with E-state index in [0.29, 0.717) is 11.8 Å². The molecule has 8 aromatic carbocycles. The summed E-state index contributed by atoms with van der Waals surface area (Å²) >= 11 is 0. The normalized spacial score (nSPS) is 20.4. The van der Waals surface area contributed by atoms with Gasteiger partial charge in [0.15, 0.2) is 0 Å². The van der Waals surface area contributed by atoms with Crippen LogP contribution in [0.15, 0.2) is 176 Å². The largest absolute Gasteiger partial charge is 0.310 e. The smallest absolute Gasteiger partial charge is 0.0468 e. The molecule has 1 heteroatoms. The Labute approximate surface area is 354 Å². The van der Waals surface area contributed by atoms with Crippen molar-refractivity contribution in [2.75, 3.05) is 4.90 Å². The van der Waals surface area contributed by atoms with E-state index in [4.69, 9.17) is 0 Å². The van der Waals surface area contributed by atoms with Gasteiger partial charge >= 0.3 is 0 Å². The Morgan fingerprint density at radius 1 is 0.383 bits per heavy atom. The molecule has 60 heavy (non-hydrogen) atoms. The lowest BCUT2D eigenvalue weighted by molar-refractivity contribution is 0.296. The van der Waals surface area contributed by atoms with E-state index in [9.17, 15) is 0 Å². The Kier molecular flexibility index (Phi) is 7.33. The molecular weight excluding hydrogens is 723 g/mol. The Balaban J connectivity index is 1.05. The first-order valence-corrected chi connectivity index (χ1v) is 22.2. The third kappa shape index (κ3) is 4.99. The average Bonchev–Trinajstić information content (AvgIpc) is 3.68. The van der Waals surface area contributed by atoms with E-state index in [0.717, 1.165) is 17.5 Å². The van der Waals surface area contributed by atoms with Gasteiger partial charge in [0, 0.05) is 22.5 Å². The van der Waals surface area contributed by atoms with Crippen LogP contribution in [0.3, 0.4) is 0 Å². The van der Waals surface area contributed by atoms with Gasteiger partial charge in [-0.25, -0.2) is 0 Å². The Bertz CT molecular complexity index is 3040. The third-order valence-corrected chi connectivity index (χ3v) is 15.4. The molecule has 8 aromatic rings. The van der Waals surface area contributed by atoms with Gasteiger partial charge in [-0.1, -0.05) is 141 Å². The van der Waals surface area contributed by atoms with Crippen LogP contribution in [0.4, 0.5) is 17.1 Å². The Morgan fingerprint density at radius 3 is 1.63 bits per heavy atom. The highest BCUT2D eigenvalue weighted by Gasteiger charge is 2.47. The molecule has 0 spiro atoms. The van der Waals surface area contributed by atoms with Crippen LogP contribution in [0.25, 0.3) is 66.8 Å². The number of benzene rings is 8. The minimum absolute atomic E-state index is 0.107. The fourth-order valence-corrected chi connectivity index (χ4v) is 12.7. The van der Waals surface area contributed by atoms with Gasteiger partial charge in [-0.15, -0.1) is 0 Å². The highest BCUT2D eigenvalue weighted by Crippen LogP contribution is 2.62. The van der Waals surface area contributed by atoms with Crippen molar-refractivity contribution in [2.24, 2.45) is 11.8 Å². The molecule has 4 atom stereocenters. The van der Waals surface area contributed by atoms with Gasteiger partial charge in [-0.3, -0.25) is 0 Å². The second-order valence-electron chi connectivity index (χ2n) is 18.9. The summed E-state index contributed by atoms with van der Waals surface area (Å²) in [6.45, 7) is 4.77. The average molecular weight is 770 g/mol. The molecular formula is C59H47N. The molecule has 0 N–H and O–H groups in total. The summed E-state index contributed by atoms with van der Waals surface area (Å²) in [7, 11) is 0. The molecule has 0 amide bonds. The van der Waals surface area contributed by atoms with Crippen LogP contribution in [0.5, 0.6) is 0 Å². The van der Waals surface area contributed by atoms with Crippen LogP contribution in [-0.2, 0) is 5.41 Å². The van der Waals surface area contributed by atoms with Crippen LogP contribution in [0.1, 0.15) is 73.6 Å². The van der Waals surface area contributed by atoms with Gasteiger partial charge in [-0.2, -0.15) is 0 Å². The van der Waals surface area contributed by atoms with Crippen molar-refractivity contribution in [3.63, 3.8) is 0 Å². The fraction of sp³-hybridized carbons (Fsp3) is 0.186. The minimum atomic E-state index is -0.107. The van der Waals surface area contributed by atoms with Gasteiger partial charge < -0.3 is 4.90 Å². The summed E-state index contributed by atoms with van der Waals surface area (Å²) in [4.78, 5) is 2.51. The molecule has 3 bridgehead atoms. The summed E-state index contributed by atoms with van der Waals surface area (Å²) in [5.41, 5.74) is 25.3. The van der Waals surface area contributed by atoms with Gasteiger partial charge in [0.25, 0.3) is 0 Å². The molecule has 0 saturated heterocycles. The number of rotatable bonds is 4. The number of anilines is 3. The zero-order valence-electron chi connectivity index (χ0n) is 34.3. The van der Waals surface area contributed by atoms with Crippen molar-refractivity contribution in [2.45, 2.75) is 56.8 Å². The van der Waals surface area contributed by atoms with Crippen molar-refractivity contribution in [3.8, 4) is 66.8 Å². The zero-order chi connectivity index (χ0) is 39.7. The molecule has 0 heterocycles. The SMILES string of the molecule is CC1(C)c2ccccc2-c2ccc(N(c3ccc(-c4ccccc4)cc3)c3ccc4c(c3)-c3cc5c(cc3-c3ccccc3-c3ccccc3-4)C3CC4CC(C3)C5C4)cc21. The maximum Gasteiger partial charge on any atom is 0.0468 e. The van der Waals surface area contributed by atoms with Crippen LogP contribution in [-0.4, -0.2) is 0 Å². The van der Waals surface area contributed by atoms with Gasteiger partial charge in [-0.05, 0) is 187 Å². The summed E-state index contributed by atoms with van der Waals surface area (Å²) in [6.07, 6.45) is 5.53. The van der Waals surface area contributed by atoms with Crippen LogP contribution in [0, 0.1) is 11.8 Å². The first-order chi connectivity index (χ1) is 29.5. The lowest BCUT2D eigenvalue weighted by Gasteiger charge is -2.37. The second-order valence-corrected chi connectivity index (χ2v) is 18.9. The van der Waals surface area contributed by atoms with E-state index in [-0.39, 0.29) is 5.41 Å². The van der Waals surface area contributed by atoms with E-state index in [1.165, 1.54) is 115 Å². The summed E-state index contributed by atoms with van der Waals surface area (Å²) in [5.74, 6) is 3.10. The predicted molar refractivity (Wildman–Crippen MR) is 250 cm³/mol. The van der Waals surface area contributed by atoms with Crippen molar-refractivity contribution < 1.29 is 0 Å². The summed E-state index contributed by atoms with van der Waals surface area (Å²) in [5, 5.41) is 0. The van der Waals surface area contributed by atoms with E-state index in [2.05, 4.69) is 195 Å².